The van der Waals surface area contributed by atoms with Gasteiger partial charge in [-0.1, -0.05) is 112 Å². The van der Waals surface area contributed by atoms with Gasteiger partial charge in [0.25, 0.3) is 5.91 Å². The Bertz CT molecular complexity index is 1320. The molecule has 182 valence electrons. The predicted molar refractivity (Wildman–Crippen MR) is 145 cm³/mol. The van der Waals surface area contributed by atoms with Crippen molar-refractivity contribution in [3.63, 3.8) is 0 Å². The summed E-state index contributed by atoms with van der Waals surface area (Å²) in [5, 5.41) is 12.4. The van der Waals surface area contributed by atoms with Gasteiger partial charge in [0.05, 0.1) is 0 Å². The van der Waals surface area contributed by atoms with Crippen LogP contribution in [-0.4, -0.2) is 23.0 Å². The van der Waals surface area contributed by atoms with Crippen molar-refractivity contribution in [3.8, 4) is 22.3 Å². The molecule has 4 nitrogen and oxygen atoms in total. The summed E-state index contributed by atoms with van der Waals surface area (Å²) in [7, 11) is 0. The smallest absolute Gasteiger partial charge is 0.326 e. The highest BCUT2D eigenvalue weighted by molar-refractivity contribution is 5.97. The van der Waals surface area contributed by atoms with Gasteiger partial charge in [0.2, 0.25) is 0 Å². The zero-order chi connectivity index (χ0) is 25.7. The first-order chi connectivity index (χ1) is 17.2. The third-order valence-corrected chi connectivity index (χ3v) is 6.34. The molecule has 0 fully saturated rings. The van der Waals surface area contributed by atoms with Gasteiger partial charge in [-0.3, -0.25) is 4.79 Å². The van der Waals surface area contributed by atoms with Crippen molar-refractivity contribution in [2.24, 2.45) is 0 Å². The Labute approximate surface area is 212 Å². The van der Waals surface area contributed by atoms with Crippen molar-refractivity contribution in [2.75, 3.05) is 0 Å². The van der Waals surface area contributed by atoms with Gasteiger partial charge in [-0.05, 0) is 50.9 Å². The van der Waals surface area contributed by atoms with Crippen molar-refractivity contribution in [3.05, 3.63) is 120 Å². The number of hydrogen-bond donors (Lipinski definition) is 2. The maximum atomic E-state index is 12.8. The molecule has 0 aliphatic heterocycles. The van der Waals surface area contributed by atoms with Gasteiger partial charge >= 0.3 is 5.97 Å². The Morgan fingerprint density at radius 3 is 1.67 bits per heavy atom. The predicted octanol–water partition coefficient (Wildman–Crippen LogP) is 6.74. The monoisotopic (exact) mass is 477 g/mol. The van der Waals surface area contributed by atoms with Gasteiger partial charge < -0.3 is 10.4 Å². The van der Waals surface area contributed by atoms with Crippen LogP contribution in [0, 0.1) is 0 Å². The Morgan fingerprint density at radius 2 is 1.17 bits per heavy atom. The largest absolute Gasteiger partial charge is 0.480 e. The maximum absolute atomic E-state index is 12.8. The zero-order valence-corrected chi connectivity index (χ0v) is 20.9. The summed E-state index contributed by atoms with van der Waals surface area (Å²) in [5.41, 5.74) is 6.84. The first-order valence-corrected chi connectivity index (χ1v) is 12.1. The molecule has 0 aliphatic carbocycles. The molecule has 0 saturated heterocycles. The molecule has 1 amide bonds. The molecule has 36 heavy (non-hydrogen) atoms. The van der Waals surface area contributed by atoms with Crippen LogP contribution in [0.15, 0.2) is 103 Å². The summed E-state index contributed by atoms with van der Waals surface area (Å²) in [6.07, 6.45) is 0.203. The summed E-state index contributed by atoms with van der Waals surface area (Å²) >= 11 is 0. The number of benzene rings is 4. The van der Waals surface area contributed by atoms with Crippen LogP contribution in [0.4, 0.5) is 0 Å². The molecule has 4 aromatic carbocycles. The first kappa shape index (κ1) is 24.9. The quantitative estimate of drug-likeness (QED) is 0.310. The van der Waals surface area contributed by atoms with Crippen LogP contribution in [0.2, 0.25) is 0 Å². The number of nitrogens with one attached hydrogen (secondary N) is 1. The second-order valence-electron chi connectivity index (χ2n) is 10.0. The summed E-state index contributed by atoms with van der Waals surface area (Å²) in [6, 6.07) is 32.4. The number of amides is 1. The van der Waals surface area contributed by atoms with E-state index in [9.17, 15) is 14.7 Å². The van der Waals surface area contributed by atoms with Crippen molar-refractivity contribution in [2.45, 2.75) is 38.6 Å². The molecule has 0 aliphatic rings. The zero-order valence-electron chi connectivity index (χ0n) is 20.9. The van der Waals surface area contributed by atoms with E-state index in [1.54, 1.807) is 12.1 Å². The Balaban J connectivity index is 1.42. The van der Waals surface area contributed by atoms with Crippen LogP contribution in [0.25, 0.3) is 22.3 Å². The number of hydrogen-bond acceptors (Lipinski definition) is 2. The molecule has 1 atom stereocenters. The highest BCUT2D eigenvalue weighted by Gasteiger charge is 2.21. The molecule has 0 spiro atoms. The standard InChI is InChI=1S/C32H31NO3/c1-32(2,3)28-19-17-26(18-20-28)25-13-15-27(16-14-25)30(34)33-29(31(35)36)21-22-9-11-24(12-10-22)23-7-5-4-6-8-23/h4-20,29H,21H2,1-3H3,(H,33,34)(H,35,36)/t29-/m0/s1. The lowest BCUT2D eigenvalue weighted by Gasteiger charge is -2.19. The molecule has 2 N–H and O–H groups in total. The molecule has 0 bridgehead atoms. The van der Waals surface area contributed by atoms with E-state index in [0.29, 0.717) is 5.56 Å². The molecular formula is C32H31NO3. The van der Waals surface area contributed by atoms with Crippen molar-refractivity contribution < 1.29 is 14.7 Å². The van der Waals surface area contributed by atoms with E-state index in [2.05, 4.69) is 50.4 Å². The van der Waals surface area contributed by atoms with Crippen molar-refractivity contribution >= 4 is 11.9 Å². The summed E-state index contributed by atoms with van der Waals surface area (Å²) < 4.78 is 0. The Hall–Kier alpha value is -4.18. The van der Waals surface area contributed by atoms with Crippen LogP contribution < -0.4 is 5.32 Å². The molecule has 0 unspecified atom stereocenters. The molecule has 4 aromatic rings. The normalized spacial score (nSPS) is 12.1. The van der Waals surface area contributed by atoms with Crippen molar-refractivity contribution in [1.82, 2.24) is 5.32 Å². The minimum atomic E-state index is -1.06. The SMILES string of the molecule is CC(C)(C)c1ccc(-c2ccc(C(=O)N[C@@H](Cc3ccc(-c4ccccc4)cc3)C(=O)O)cc2)cc1. The van der Waals surface area contributed by atoms with E-state index in [4.69, 9.17) is 0 Å². The van der Waals surface area contributed by atoms with Crippen LogP contribution in [0.3, 0.4) is 0 Å². The highest BCUT2D eigenvalue weighted by atomic mass is 16.4. The van der Waals surface area contributed by atoms with Crippen LogP contribution >= 0.6 is 0 Å². The highest BCUT2D eigenvalue weighted by Crippen LogP contribution is 2.26. The minimum absolute atomic E-state index is 0.0884. The van der Waals surface area contributed by atoms with E-state index >= 15 is 0 Å². The molecule has 0 heterocycles. The van der Waals surface area contributed by atoms with Crippen LogP contribution in [0.5, 0.6) is 0 Å². The number of carbonyl (C=O) groups is 2. The van der Waals surface area contributed by atoms with Gasteiger partial charge in [0, 0.05) is 12.0 Å². The van der Waals surface area contributed by atoms with Crippen LogP contribution in [0.1, 0.15) is 42.3 Å². The minimum Gasteiger partial charge on any atom is -0.480 e. The summed E-state index contributed by atoms with van der Waals surface area (Å²) in [6.45, 7) is 6.54. The average Bonchev–Trinajstić information content (AvgIpc) is 2.89. The molecule has 0 aromatic heterocycles. The fourth-order valence-corrected chi connectivity index (χ4v) is 4.12. The number of aliphatic carboxylic acids is 1. The molecular weight excluding hydrogens is 446 g/mol. The molecule has 0 radical (unpaired) electrons. The first-order valence-electron chi connectivity index (χ1n) is 12.1. The molecule has 4 heteroatoms. The van der Waals surface area contributed by atoms with E-state index in [-0.39, 0.29) is 11.8 Å². The number of carbonyl (C=O) groups excluding carboxylic acids is 1. The Morgan fingerprint density at radius 1 is 0.694 bits per heavy atom. The van der Waals surface area contributed by atoms with Gasteiger partial charge in [0.1, 0.15) is 6.04 Å². The Kier molecular flexibility index (Phi) is 7.35. The topological polar surface area (TPSA) is 66.4 Å². The lowest BCUT2D eigenvalue weighted by Crippen LogP contribution is -2.42. The number of carboxylic acid groups (broad SMARTS) is 1. The average molecular weight is 478 g/mol. The second kappa shape index (κ2) is 10.6. The fraction of sp³-hybridized carbons (Fsp3) is 0.188. The van der Waals surface area contributed by atoms with Gasteiger partial charge in [-0.2, -0.15) is 0 Å². The lowest BCUT2D eigenvalue weighted by molar-refractivity contribution is -0.139. The van der Waals surface area contributed by atoms with Gasteiger partial charge in [0.15, 0.2) is 0 Å². The molecule has 0 saturated carbocycles. The number of rotatable bonds is 7. The van der Waals surface area contributed by atoms with E-state index in [1.807, 2.05) is 66.7 Å². The fourth-order valence-electron chi connectivity index (χ4n) is 4.12. The number of carboxylic acids is 1. The van der Waals surface area contributed by atoms with Crippen LogP contribution in [-0.2, 0) is 16.6 Å². The third-order valence-electron chi connectivity index (χ3n) is 6.34. The van der Waals surface area contributed by atoms with Gasteiger partial charge in [-0.15, -0.1) is 0 Å². The second-order valence-corrected chi connectivity index (χ2v) is 10.0. The van der Waals surface area contributed by atoms with Crippen molar-refractivity contribution in [1.29, 1.82) is 0 Å². The maximum Gasteiger partial charge on any atom is 0.326 e. The van der Waals surface area contributed by atoms with E-state index in [1.165, 1.54) is 5.56 Å². The van der Waals surface area contributed by atoms with Gasteiger partial charge in [-0.25, -0.2) is 4.79 Å². The summed E-state index contributed by atoms with van der Waals surface area (Å²) in [5.74, 6) is -1.47. The van der Waals surface area contributed by atoms with E-state index in [0.717, 1.165) is 27.8 Å². The van der Waals surface area contributed by atoms with E-state index < -0.39 is 17.9 Å². The molecule has 4 rings (SSSR count). The third kappa shape index (κ3) is 6.08. The summed E-state index contributed by atoms with van der Waals surface area (Å²) in [4.78, 5) is 24.7. The lowest BCUT2D eigenvalue weighted by atomic mass is 9.86.